The monoisotopic (exact) mass is 319 g/mol. The molecule has 0 spiro atoms. The molecule has 3 N–H and O–H groups in total. The number of fused-ring (bicyclic) bond motifs is 1. The number of amides is 1. The van der Waals surface area contributed by atoms with Crippen LogP contribution in [0.15, 0.2) is 18.3 Å². The molecule has 23 heavy (non-hydrogen) atoms. The number of nitrogens with one attached hydrogen (secondary N) is 3. The summed E-state index contributed by atoms with van der Waals surface area (Å²) in [5.74, 6) is -1.08. The van der Waals surface area contributed by atoms with Gasteiger partial charge in [-0.05, 0) is 12.1 Å². The molecule has 0 saturated carbocycles. The van der Waals surface area contributed by atoms with Gasteiger partial charge in [0.2, 0.25) is 0 Å². The van der Waals surface area contributed by atoms with E-state index in [4.69, 9.17) is 0 Å². The van der Waals surface area contributed by atoms with E-state index in [0.717, 1.165) is 11.9 Å². The molecule has 2 aromatic heterocycles. The lowest BCUT2D eigenvalue weighted by Gasteiger charge is -2.01. The summed E-state index contributed by atoms with van der Waals surface area (Å²) in [4.78, 5) is 25.9. The number of H-pyrrole nitrogens is 2. The van der Waals surface area contributed by atoms with Crippen molar-refractivity contribution in [1.29, 1.82) is 0 Å². The largest absolute Gasteiger partial charge is 0.343 e. The van der Waals surface area contributed by atoms with Crippen molar-refractivity contribution in [2.75, 3.05) is 0 Å². The minimum Gasteiger partial charge on any atom is -0.343 e. The molecule has 0 aliphatic rings. The first-order valence-electron chi connectivity index (χ1n) is 7.11. The highest BCUT2D eigenvalue weighted by Gasteiger charge is 2.14. The van der Waals surface area contributed by atoms with Crippen LogP contribution in [0.25, 0.3) is 11.0 Å². The second-order valence-electron chi connectivity index (χ2n) is 5.46. The molecule has 0 unspecified atom stereocenters. The van der Waals surface area contributed by atoms with Gasteiger partial charge in [0.05, 0.1) is 18.3 Å². The number of aromatic nitrogens is 4. The van der Waals surface area contributed by atoms with Gasteiger partial charge in [-0.2, -0.15) is 0 Å². The average molecular weight is 319 g/mol. The van der Waals surface area contributed by atoms with Crippen molar-refractivity contribution in [2.24, 2.45) is 0 Å². The Bertz CT molecular complexity index is 868. The predicted octanol–water partition coefficient (Wildman–Crippen LogP) is 2.62. The van der Waals surface area contributed by atoms with E-state index in [0.29, 0.717) is 17.0 Å². The third-order valence-electron chi connectivity index (χ3n) is 3.40. The molecule has 0 saturated heterocycles. The molecule has 0 aliphatic heterocycles. The second-order valence-corrected chi connectivity index (χ2v) is 5.46. The van der Waals surface area contributed by atoms with Gasteiger partial charge >= 0.3 is 0 Å². The van der Waals surface area contributed by atoms with Gasteiger partial charge in [0.15, 0.2) is 11.6 Å². The Kier molecular flexibility index (Phi) is 3.81. The Labute approximate surface area is 130 Å². The van der Waals surface area contributed by atoms with Gasteiger partial charge in [-0.25, -0.2) is 18.7 Å². The van der Waals surface area contributed by atoms with Gasteiger partial charge in [0.1, 0.15) is 22.9 Å². The van der Waals surface area contributed by atoms with Crippen molar-refractivity contribution in [1.82, 2.24) is 25.3 Å². The topological polar surface area (TPSA) is 86.5 Å². The first-order chi connectivity index (χ1) is 11.0. The van der Waals surface area contributed by atoms with E-state index >= 15 is 0 Å². The average Bonchev–Trinajstić information content (AvgIpc) is 3.15. The Morgan fingerprint density at radius 3 is 2.78 bits per heavy atom. The number of aromatic amines is 2. The molecule has 0 atom stereocenters. The van der Waals surface area contributed by atoms with Gasteiger partial charge in [-0.15, -0.1) is 0 Å². The van der Waals surface area contributed by atoms with Crippen LogP contribution in [0, 0.1) is 11.6 Å². The highest BCUT2D eigenvalue weighted by atomic mass is 19.2. The maximum absolute atomic E-state index is 13.6. The first-order valence-corrected chi connectivity index (χ1v) is 7.11. The van der Waals surface area contributed by atoms with Gasteiger partial charge < -0.3 is 15.3 Å². The van der Waals surface area contributed by atoms with Crippen molar-refractivity contribution < 1.29 is 13.6 Å². The molecule has 1 aromatic carbocycles. The number of nitrogens with zero attached hydrogens (tertiary/aromatic N) is 2. The molecule has 3 aromatic rings. The molecule has 0 fully saturated rings. The normalized spacial score (nSPS) is 11.3. The molecule has 120 valence electrons. The maximum Gasteiger partial charge on any atom is 0.269 e. The fourth-order valence-corrected chi connectivity index (χ4v) is 2.16. The van der Waals surface area contributed by atoms with Crippen LogP contribution < -0.4 is 5.32 Å². The summed E-state index contributed by atoms with van der Waals surface area (Å²) in [6, 6.07) is 2.42. The number of carbonyl (C=O) groups is 1. The molecule has 0 radical (unpaired) electrons. The van der Waals surface area contributed by atoms with E-state index in [1.165, 1.54) is 12.3 Å². The highest BCUT2D eigenvalue weighted by molar-refractivity contribution is 5.92. The van der Waals surface area contributed by atoms with Crippen LogP contribution in [0.2, 0.25) is 0 Å². The number of rotatable bonds is 4. The smallest absolute Gasteiger partial charge is 0.269 e. The Balaban J connectivity index is 1.72. The SMILES string of the molecule is CC(C)c1ncc(C(=O)NCc2nc3c(F)c(F)ccc3[nH]2)[nH]1. The van der Waals surface area contributed by atoms with Crippen molar-refractivity contribution >= 4 is 16.9 Å². The zero-order chi connectivity index (χ0) is 16.6. The summed E-state index contributed by atoms with van der Waals surface area (Å²) >= 11 is 0. The van der Waals surface area contributed by atoms with Crippen molar-refractivity contribution in [2.45, 2.75) is 26.3 Å². The summed E-state index contributed by atoms with van der Waals surface area (Å²) in [5, 5.41) is 2.64. The molecule has 8 heteroatoms. The van der Waals surface area contributed by atoms with E-state index < -0.39 is 11.6 Å². The fraction of sp³-hybridized carbons (Fsp3) is 0.267. The summed E-state index contributed by atoms with van der Waals surface area (Å²) in [7, 11) is 0. The zero-order valence-corrected chi connectivity index (χ0v) is 12.6. The number of benzene rings is 1. The molecule has 0 aliphatic carbocycles. The number of halogens is 2. The standard InChI is InChI=1S/C15H15F2N5O/c1-7(2)14-18-5-10(21-14)15(23)19-6-11-20-9-4-3-8(16)12(17)13(9)22-11/h3-5,7H,6H2,1-2H3,(H,18,21)(H,19,23)(H,20,22). The van der Waals surface area contributed by atoms with Crippen LogP contribution >= 0.6 is 0 Å². The molecular weight excluding hydrogens is 304 g/mol. The van der Waals surface area contributed by atoms with Gasteiger partial charge in [0.25, 0.3) is 5.91 Å². The van der Waals surface area contributed by atoms with Gasteiger partial charge in [-0.1, -0.05) is 13.8 Å². The van der Waals surface area contributed by atoms with Gasteiger partial charge in [-0.3, -0.25) is 4.79 Å². The molecular formula is C15H15F2N5O. The van der Waals surface area contributed by atoms with Crippen LogP contribution in [-0.2, 0) is 6.54 Å². The van der Waals surface area contributed by atoms with Gasteiger partial charge in [0, 0.05) is 5.92 Å². The minimum atomic E-state index is -1.01. The summed E-state index contributed by atoms with van der Waals surface area (Å²) < 4.78 is 26.7. The lowest BCUT2D eigenvalue weighted by atomic mass is 10.2. The maximum atomic E-state index is 13.6. The van der Waals surface area contributed by atoms with E-state index in [1.807, 2.05) is 13.8 Å². The van der Waals surface area contributed by atoms with E-state index in [9.17, 15) is 13.6 Å². The minimum absolute atomic E-state index is 0.0601. The zero-order valence-electron chi connectivity index (χ0n) is 12.6. The Morgan fingerprint density at radius 1 is 1.30 bits per heavy atom. The highest BCUT2D eigenvalue weighted by Crippen LogP contribution is 2.18. The molecule has 1 amide bonds. The predicted molar refractivity (Wildman–Crippen MR) is 79.9 cm³/mol. The quantitative estimate of drug-likeness (QED) is 0.691. The number of carbonyl (C=O) groups excluding carboxylic acids is 1. The lowest BCUT2D eigenvalue weighted by Crippen LogP contribution is -2.23. The molecule has 6 nitrogen and oxygen atoms in total. The lowest BCUT2D eigenvalue weighted by molar-refractivity contribution is 0.0945. The van der Waals surface area contributed by atoms with E-state index in [1.54, 1.807) is 0 Å². The van der Waals surface area contributed by atoms with Crippen LogP contribution in [0.5, 0.6) is 0 Å². The number of hydrogen-bond donors (Lipinski definition) is 3. The van der Waals surface area contributed by atoms with Crippen LogP contribution in [0.3, 0.4) is 0 Å². The number of imidazole rings is 2. The van der Waals surface area contributed by atoms with Crippen molar-refractivity contribution in [3.05, 3.63) is 47.3 Å². The molecule has 0 bridgehead atoms. The Morgan fingerprint density at radius 2 is 2.09 bits per heavy atom. The number of hydrogen-bond acceptors (Lipinski definition) is 3. The molecule has 3 rings (SSSR count). The van der Waals surface area contributed by atoms with Crippen molar-refractivity contribution in [3.8, 4) is 0 Å². The van der Waals surface area contributed by atoms with Crippen LogP contribution in [0.1, 0.15) is 41.9 Å². The summed E-state index contributed by atoms with van der Waals surface area (Å²) in [6.07, 6.45) is 1.46. The van der Waals surface area contributed by atoms with Crippen LogP contribution in [0.4, 0.5) is 8.78 Å². The third-order valence-corrected chi connectivity index (χ3v) is 3.40. The van der Waals surface area contributed by atoms with E-state index in [2.05, 4.69) is 25.3 Å². The molecule has 2 heterocycles. The third kappa shape index (κ3) is 2.92. The first kappa shape index (κ1) is 15.1. The second kappa shape index (κ2) is 5.79. The summed E-state index contributed by atoms with van der Waals surface area (Å²) in [6.45, 7) is 3.98. The van der Waals surface area contributed by atoms with Crippen molar-refractivity contribution in [3.63, 3.8) is 0 Å². The van der Waals surface area contributed by atoms with Crippen LogP contribution in [-0.4, -0.2) is 25.8 Å². The summed E-state index contributed by atoms with van der Waals surface area (Å²) in [5.41, 5.74) is 0.622. The fourth-order valence-electron chi connectivity index (χ4n) is 2.16. The Hall–Kier alpha value is -2.77. The van der Waals surface area contributed by atoms with E-state index in [-0.39, 0.29) is 23.9 Å².